The number of nitriles is 1. The SMILES string of the molecule is CC(C)C1(CC#N)CN(C2CCN(C(=O)c3ccnc(C(F)(F)F)c3F)CC2)C1. The van der Waals surface area contributed by atoms with E-state index in [0.29, 0.717) is 38.3 Å². The molecule has 0 aliphatic carbocycles. The van der Waals surface area contributed by atoms with Crippen molar-refractivity contribution in [3.8, 4) is 6.07 Å². The summed E-state index contributed by atoms with van der Waals surface area (Å²) in [6.07, 6.45) is -2.28. The number of nitrogens with zero attached hydrogens (tertiary/aromatic N) is 4. The maximum absolute atomic E-state index is 14.2. The number of halogens is 4. The van der Waals surface area contributed by atoms with Gasteiger partial charge in [-0.2, -0.15) is 18.4 Å². The Morgan fingerprint density at radius 3 is 2.48 bits per heavy atom. The lowest BCUT2D eigenvalue weighted by molar-refractivity contribution is -0.143. The predicted octanol–water partition coefficient (Wildman–Crippen LogP) is 3.72. The summed E-state index contributed by atoms with van der Waals surface area (Å²) < 4.78 is 52.7. The molecule has 9 heteroatoms. The van der Waals surface area contributed by atoms with Gasteiger partial charge in [0.1, 0.15) is 0 Å². The summed E-state index contributed by atoms with van der Waals surface area (Å²) in [6.45, 7) is 6.63. The zero-order chi connectivity index (χ0) is 21.4. The Balaban J connectivity index is 1.61. The van der Waals surface area contributed by atoms with Crippen LogP contribution in [0.1, 0.15) is 49.2 Å². The maximum atomic E-state index is 14.2. The number of carbonyl (C=O) groups is 1. The topological polar surface area (TPSA) is 60.2 Å². The highest BCUT2D eigenvalue weighted by atomic mass is 19.4. The van der Waals surface area contributed by atoms with Crippen molar-refractivity contribution in [2.24, 2.45) is 11.3 Å². The summed E-state index contributed by atoms with van der Waals surface area (Å²) in [7, 11) is 0. The Kier molecular flexibility index (Phi) is 5.86. The maximum Gasteiger partial charge on any atom is 0.436 e. The standard InChI is InChI=1S/C20H24F4N4O/c1-13(2)19(6-7-25)11-28(12-19)14-4-9-27(10-5-14)18(29)15-3-8-26-17(16(15)21)20(22,23)24/h3,8,13-14H,4-6,9-12H2,1-2H3. The molecule has 2 fully saturated rings. The molecule has 0 N–H and O–H groups in total. The Bertz CT molecular complexity index is 804. The number of hydrogen-bond donors (Lipinski definition) is 0. The van der Waals surface area contributed by atoms with Crippen molar-refractivity contribution < 1.29 is 22.4 Å². The Labute approximate surface area is 167 Å². The van der Waals surface area contributed by atoms with Crippen molar-refractivity contribution in [1.29, 1.82) is 5.26 Å². The summed E-state index contributed by atoms with van der Waals surface area (Å²) in [6, 6.07) is 3.53. The van der Waals surface area contributed by atoms with Gasteiger partial charge in [-0.05, 0) is 24.8 Å². The molecule has 3 heterocycles. The van der Waals surface area contributed by atoms with Crippen LogP contribution in [0.5, 0.6) is 0 Å². The first-order valence-corrected chi connectivity index (χ1v) is 9.71. The number of aromatic nitrogens is 1. The van der Waals surface area contributed by atoms with Crippen LogP contribution >= 0.6 is 0 Å². The molecule has 2 saturated heterocycles. The highest BCUT2D eigenvalue weighted by molar-refractivity contribution is 5.94. The van der Waals surface area contributed by atoms with E-state index in [2.05, 4.69) is 29.8 Å². The van der Waals surface area contributed by atoms with Crippen LogP contribution in [0, 0.1) is 28.5 Å². The second-order valence-corrected chi connectivity index (χ2v) is 8.30. The fraction of sp³-hybridized carbons (Fsp3) is 0.650. The van der Waals surface area contributed by atoms with Gasteiger partial charge >= 0.3 is 6.18 Å². The molecule has 0 atom stereocenters. The third kappa shape index (κ3) is 4.08. The summed E-state index contributed by atoms with van der Waals surface area (Å²) in [5, 5.41) is 9.09. The minimum absolute atomic E-state index is 0.00979. The van der Waals surface area contributed by atoms with E-state index >= 15 is 0 Å². The summed E-state index contributed by atoms with van der Waals surface area (Å²) in [5.41, 5.74) is -2.25. The molecule has 1 amide bonds. The van der Waals surface area contributed by atoms with E-state index in [1.165, 1.54) is 4.90 Å². The molecule has 2 aliphatic rings. The number of likely N-dealkylation sites (tertiary alicyclic amines) is 2. The molecule has 3 rings (SSSR count). The number of hydrogen-bond acceptors (Lipinski definition) is 4. The summed E-state index contributed by atoms with van der Waals surface area (Å²) in [4.78, 5) is 19.3. The van der Waals surface area contributed by atoms with Crippen LogP contribution in [0.4, 0.5) is 17.6 Å². The van der Waals surface area contributed by atoms with E-state index in [1.54, 1.807) is 0 Å². The molecule has 1 aromatic rings. The van der Waals surface area contributed by atoms with E-state index in [0.717, 1.165) is 25.4 Å². The molecule has 0 radical (unpaired) electrons. The second-order valence-electron chi connectivity index (χ2n) is 8.30. The molecule has 0 bridgehead atoms. The van der Waals surface area contributed by atoms with Crippen LogP contribution in [0.3, 0.4) is 0 Å². The molecular weight excluding hydrogens is 388 g/mol. The Hall–Kier alpha value is -2.21. The van der Waals surface area contributed by atoms with Crippen molar-refractivity contribution in [3.05, 3.63) is 29.3 Å². The lowest BCUT2D eigenvalue weighted by atomic mass is 9.68. The van der Waals surface area contributed by atoms with Crippen molar-refractivity contribution in [3.63, 3.8) is 0 Å². The largest absolute Gasteiger partial charge is 0.436 e. The van der Waals surface area contributed by atoms with Crippen LogP contribution in [-0.4, -0.2) is 52.9 Å². The highest BCUT2D eigenvalue weighted by Gasteiger charge is 2.48. The molecule has 1 aromatic heterocycles. The fourth-order valence-electron chi connectivity index (χ4n) is 4.27. The van der Waals surface area contributed by atoms with E-state index in [9.17, 15) is 22.4 Å². The van der Waals surface area contributed by atoms with Crippen molar-refractivity contribution in [2.45, 2.75) is 45.3 Å². The number of carbonyl (C=O) groups excluding carboxylic acids is 1. The first-order valence-electron chi connectivity index (χ1n) is 9.71. The third-order valence-electron chi connectivity index (χ3n) is 6.35. The summed E-state index contributed by atoms with van der Waals surface area (Å²) >= 11 is 0. The summed E-state index contributed by atoms with van der Waals surface area (Å²) in [5.74, 6) is -1.95. The zero-order valence-electron chi connectivity index (χ0n) is 16.5. The molecule has 0 unspecified atom stereocenters. The van der Waals surface area contributed by atoms with Gasteiger partial charge in [-0.15, -0.1) is 0 Å². The van der Waals surface area contributed by atoms with Crippen molar-refractivity contribution in [2.75, 3.05) is 26.2 Å². The van der Waals surface area contributed by atoms with Crippen LogP contribution < -0.4 is 0 Å². The fourth-order valence-corrected chi connectivity index (χ4v) is 4.27. The number of rotatable bonds is 4. The van der Waals surface area contributed by atoms with Gasteiger partial charge in [-0.1, -0.05) is 13.8 Å². The minimum atomic E-state index is -4.95. The first kappa shape index (κ1) is 21.5. The number of piperidine rings is 1. The zero-order valence-corrected chi connectivity index (χ0v) is 16.5. The molecule has 29 heavy (non-hydrogen) atoms. The molecule has 0 saturated carbocycles. The smallest absolute Gasteiger partial charge is 0.338 e. The van der Waals surface area contributed by atoms with Gasteiger partial charge in [0.25, 0.3) is 5.91 Å². The molecule has 0 spiro atoms. The van der Waals surface area contributed by atoms with Crippen molar-refractivity contribution >= 4 is 5.91 Å². The van der Waals surface area contributed by atoms with E-state index in [4.69, 9.17) is 5.26 Å². The lowest BCUT2D eigenvalue weighted by Gasteiger charge is -2.56. The second kappa shape index (κ2) is 7.90. The van der Waals surface area contributed by atoms with Crippen LogP contribution in [0.2, 0.25) is 0 Å². The normalized spacial score (nSPS) is 20.4. The van der Waals surface area contributed by atoms with Crippen LogP contribution in [-0.2, 0) is 6.18 Å². The van der Waals surface area contributed by atoms with Crippen LogP contribution in [0.25, 0.3) is 0 Å². The molecule has 158 valence electrons. The van der Waals surface area contributed by atoms with Gasteiger partial charge < -0.3 is 4.90 Å². The monoisotopic (exact) mass is 412 g/mol. The van der Waals surface area contributed by atoms with Crippen LogP contribution in [0.15, 0.2) is 12.3 Å². The Morgan fingerprint density at radius 2 is 1.97 bits per heavy atom. The predicted molar refractivity (Wildman–Crippen MR) is 97.2 cm³/mol. The number of pyridine rings is 1. The molecule has 0 aromatic carbocycles. The van der Waals surface area contributed by atoms with Gasteiger partial charge in [0, 0.05) is 50.3 Å². The van der Waals surface area contributed by atoms with E-state index < -0.39 is 29.2 Å². The average molecular weight is 412 g/mol. The number of alkyl halides is 3. The molecule has 2 aliphatic heterocycles. The number of amides is 1. The highest BCUT2D eigenvalue weighted by Crippen LogP contribution is 2.43. The minimum Gasteiger partial charge on any atom is -0.338 e. The average Bonchev–Trinajstić information content (AvgIpc) is 2.63. The lowest BCUT2D eigenvalue weighted by Crippen LogP contribution is -2.63. The van der Waals surface area contributed by atoms with Crippen molar-refractivity contribution in [1.82, 2.24) is 14.8 Å². The van der Waals surface area contributed by atoms with Gasteiger partial charge in [0.05, 0.1) is 11.6 Å². The van der Waals surface area contributed by atoms with Gasteiger partial charge in [0.2, 0.25) is 0 Å². The molecular formula is C20H24F4N4O. The van der Waals surface area contributed by atoms with Gasteiger partial charge in [0.15, 0.2) is 11.5 Å². The Morgan fingerprint density at radius 1 is 1.34 bits per heavy atom. The van der Waals surface area contributed by atoms with E-state index in [-0.39, 0.29) is 11.5 Å². The van der Waals surface area contributed by atoms with Gasteiger partial charge in [-0.25, -0.2) is 9.37 Å². The van der Waals surface area contributed by atoms with Gasteiger partial charge in [-0.3, -0.25) is 9.69 Å². The molecule has 5 nitrogen and oxygen atoms in total. The first-order chi connectivity index (χ1) is 13.6. The third-order valence-corrected chi connectivity index (χ3v) is 6.35. The van der Waals surface area contributed by atoms with E-state index in [1.807, 2.05) is 0 Å². The quantitative estimate of drug-likeness (QED) is 0.708.